The van der Waals surface area contributed by atoms with Crippen LogP contribution in [0.5, 0.6) is 0 Å². The summed E-state index contributed by atoms with van der Waals surface area (Å²) in [6.45, 7) is 1.11. The highest BCUT2D eigenvalue weighted by Gasteiger charge is 2.57. The number of piperidine rings is 1. The highest BCUT2D eigenvalue weighted by Crippen LogP contribution is 2.46. The van der Waals surface area contributed by atoms with E-state index in [-0.39, 0.29) is 81.3 Å². The lowest BCUT2D eigenvalue weighted by molar-refractivity contribution is -0.141. The Morgan fingerprint density at radius 3 is 2.41 bits per heavy atom. The fourth-order valence-electron chi connectivity index (χ4n) is 6.70. The third kappa shape index (κ3) is 5.70. The summed E-state index contributed by atoms with van der Waals surface area (Å²) in [5.74, 6) is -0.811. The third-order valence-electron chi connectivity index (χ3n) is 9.52. The number of nitrogens with one attached hydrogen (secondary N) is 3. The zero-order valence-corrected chi connectivity index (χ0v) is 25.6. The average molecular weight is 660 g/mol. The first-order chi connectivity index (χ1) is 21.9. The Labute approximate surface area is 266 Å². The van der Waals surface area contributed by atoms with Gasteiger partial charge in [-0.2, -0.15) is 18.3 Å². The van der Waals surface area contributed by atoms with Crippen molar-refractivity contribution in [1.82, 2.24) is 34.9 Å². The molecule has 16 heteroatoms. The van der Waals surface area contributed by atoms with Crippen LogP contribution in [0.4, 0.5) is 23.7 Å². The van der Waals surface area contributed by atoms with Gasteiger partial charge in [0.1, 0.15) is 0 Å². The smallest absolute Gasteiger partial charge is 0.349 e. The Hall–Kier alpha value is -4.11. The minimum absolute atomic E-state index is 0.00477. The Kier molecular flexibility index (Phi) is 7.50. The number of anilines is 1. The van der Waals surface area contributed by atoms with Gasteiger partial charge in [0.05, 0.1) is 34.1 Å². The number of hydrogen-bond donors (Lipinski definition) is 4. The van der Waals surface area contributed by atoms with E-state index in [2.05, 4.69) is 26.0 Å². The lowest BCUT2D eigenvalue weighted by Crippen LogP contribution is -2.50. The Morgan fingerprint density at radius 1 is 1.04 bits per heavy atom. The van der Waals surface area contributed by atoms with Crippen molar-refractivity contribution in [2.75, 3.05) is 18.4 Å². The molecule has 7 rings (SSSR count). The molecule has 46 heavy (non-hydrogen) atoms. The fourth-order valence-corrected chi connectivity index (χ4v) is 6.97. The first kappa shape index (κ1) is 30.5. The molecule has 3 aliphatic carbocycles. The molecule has 1 saturated heterocycles. The summed E-state index contributed by atoms with van der Waals surface area (Å²) in [5.41, 5.74) is 5.48. The SMILES string of the molecule is Cn1c(-c2cn(C3CC3)nc2C(F)(F)F)cnc1C(=O)Nc1ccc(C(=O)NC2[C@H]3CN(C(=O)N[C@@H]4CCCC4N)C[C@@H]23)c(Cl)c1. The van der Waals surface area contributed by atoms with Crippen molar-refractivity contribution in [3.63, 3.8) is 0 Å². The van der Waals surface area contributed by atoms with E-state index in [0.29, 0.717) is 13.1 Å². The van der Waals surface area contributed by atoms with E-state index < -0.39 is 17.8 Å². The van der Waals surface area contributed by atoms with E-state index in [1.807, 2.05) is 0 Å². The van der Waals surface area contributed by atoms with Gasteiger partial charge >= 0.3 is 12.2 Å². The number of carbonyl (C=O) groups excluding carboxylic acids is 3. The number of imidazole rings is 1. The van der Waals surface area contributed by atoms with E-state index >= 15 is 0 Å². The van der Waals surface area contributed by atoms with Crippen LogP contribution < -0.4 is 21.7 Å². The number of rotatable bonds is 7. The molecule has 3 heterocycles. The lowest BCUT2D eigenvalue weighted by Gasteiger charge is -2.25. The molecular weight excluding hydrogens is 627 g/mol. The van der Waals surface area contributed by atoms with Crippen molar-refractivity contribution in [1.29, 1.82) is 0 Å². The first-order valence-corrected chi connectivity index (χ1v) is 15.7. The van der Waals surface area contributed by atoms with Crippen LogP contribution in [0.1, 0.15) is 64.8 Å². The number of benzene rings is 1. The maximum Gasteiger partial charge on any atom is 0.435 e. The van der Waals surface area contributed by atoms with Gasteiger partial charge in [0.25, 0.3) is 11.8 Å². The second kappa shape index (κ2) is 11.3. The number of fused-ring (bicyclic) bond motifs is 1. The number of nitrogens with zero attached hydrogens (tertiary/aromatic N) is 5. The number of carbonyl (C=O) groups is 3. The summed E-state index contributed by atoms with van der Waals surface area (Å²) < 4.78 is 43.8. The third-order valence-corrected chi connectivity index (χ3v) is 9.83. The first-order valence-electron chi connectivity index (χ1n) is 15.3. The highest BCUT2D eigenvalue weighted by molar-refractivity contribution is 6.34. The standard InChI is InChI=1S/C30H33ClF3N9O3/c1-41-23(19-13-43(15-6-7-15)40-25(19)30(32,33)34)10-36-26(41)28(45)37-14-5-8-16(20(31)9-14)27(44)39-24-17-11-42(12-18(17)24)29(46)38-22-4-2-3-21(22)35/h5,8-10,13,15,17-18,21-22,24H,2-4,6-7,11-12,35H2,1H3,(H,37,45)(H,38,46)(H,39,44)/t17-,18+,21?,22-,24?/m1/s1. The van der Waals surface area contributed by atoms with Gasteiger partial charge in [-0.25, -0.2) is 9.78 Å². The van der Waals surface area contributed by atoms with Crippen LogP contribution in [0, 0.1) is 11.8 Å². The van der Waals surface area contributed by atoms with Crippen molar-refractivity contribution >= 4 is 35.1 Å². The summed E-state index contributed by atoms with van der Waals surface area (Å²) in [4.78, 5) is 44.6. The Morgan fingerprint density at radius 2 is 1.78 bits per heavy atom. The number of halogens is 4. The topological polar surface area (TPSA) is 152 Å². The molecule has 3 aromatic rings. The molecule has 12 nitrogen and oxygen atoms in total. The highest BCUT2D eigenvalue weighted by atomic mass is 35.5. The Balaban J connectivity index is 0.958. The second-order valence-electron chi connectivity index (χ2n) is 12.7. The quantitative estimate of drug-likeness (QED) is 0.303. The lowest BCUT2D eigenvalue weighted by atomic mass is 10.2. The monoisotopic (exact) mass is 659 g/mol. The molecule has 4 amide bonds. The number of likely N-dealkylation sites (tertiary alicyclic amines) is 1. The van der Waals surface area contributed by atoms with Gasteiger partial charge in [0.15, 0.2) is 11.5 Å². The molecule has 244 valence electrons. The van der Waals surface area contributed by atoms with Crippen molar-refractivity contribution in [2.45, 2.75) is 62.4 Å². The molecule has 5 N–H and O–H groups in total. The molecule has 0 bridgehead atoms. The molecular formula is C30H33ClF3N9O3. The van der Waals surface area contributed by atoms with Crippen LogP contribution >= 0.6 is 11.6 Å². The zero-order chi connectivity index (χ0) is 32.5. The van der Waals surface area contributed by atoms with Crippen molar-refractivity contribution in [3.8, 4) is 11.3 Å². The van der Waals surface area contributed by atoms with Gasteiger partial charge in [0.2, 0.25) is 0 Å². The molecule has 3 saturated carbocycles. The van der Waals surface area contributed by atoms with Gasteiger partial charge in [-0.05, 0) is 50.3 Å². The summed E-state index contributed by atoms with van der Waals surface area (Å²) >= 11 is 6.42. The summed E-state index contributed by atoms with van der Waals surface area (Å²) in [5, 5.41) is 12.6. The molecule has 5 atom stereocenters. The molecule has 4 fully saturated rings. The number of amides is 4. The van der Waals surface area contributed by atoms with Crippen LogP contribution in [0.3, 0.4) is 0 Å². The van der Waals surface area contributed by atoms with Gasteiger partial charge < -0.3 is 31.2 Å². The maximum atomic E-state index is 13.7. The summed E-state index contributed by atoms with van der Waals surface area (Å²) in [6, 6.07) is 4.18. The van der Waals surface area contributed by atoms with Crippen molar-refractivity contribution in [3.05, 3.63) is 52.7 Å². The van der Waals surface area contributed by atoms with Crippen LogP contribution in [0.15, 0.2) is 30.6 Å². The maximum absolute atomic E-state index is 13.7. The molecule has 1 aliphatic heterocycles. The van der Waals surface area contributed by atoms with Crippen LogP contribution in [-0.2, 0) is 13.2 Å². The van der Waals surface area contributed by atoms with E-state index in [0.717, 1.165) is 32.1 Å². The van der Waals surface area contributed by atoms with Gasteiger partial charge in [-0.3, -0.25) is 14.3 Å². The van der Waals surface area contributed by atoms with E-state index in [4.69, 9.17) is 17.3 Å². The molecule has 0 spiro atoms. The average Bonchev–Trinajstić information content (AvgIpc) is 3.62. The second-order valence-corrected chi connectivity index (χ2v) is 13.1. The van der Waals surface area contributed by atoms with Crippen LogP contribution in [0.25, 0.3) is 11.3 Å². The number of alkyl halides is 3. The van der Waals surface area contributed by atoms with Crippen LogP contribution in [-0.4, -0.2) is 73.3 Å². The Bertz CT molecular complexity index is 1710. The molecule has 2 aromatic heterocycles. The normalized spacial score (nSPS) is 25.3. The van der Waals surface area contributed by atoms with Gasteiger partial charge in [0, 0.05) is 62.0 Å². The molecule has 1 aromatic carbocycles. The minimum atomic E-state index is -4.67. The van der Waals surface area contributed by atoms with Gasteiger partial charge in [-0.15, -0.1) is 0 Å². The predicted molar refractivity (Wildman–Crippen MR) is 161 cm³/mol. The number of aromatic nitrogens is 4. The number of hydrogen-bond acceptors (Lipinski definition) is 6. The number of urea groups is 1. The van der Waals surface area contributed by atoms with E-state index in [1.165, 1.54) is 46.9 Å². The predicted octanol–water partition coefficient (Wildman–Crippen LogP) is 3.79. The van der Waals surface area contributed by atoms with E-state index in [1.54, 1.807) is 4.90 Å². The zero-order valence-electron chi connectivity index (χ0n) is 24.9. The minimum Gasteiger partial charge on any atom is -0.349 e. The van der Waals surface area contributed by atoms with Crippen LogP contribution in [0.2, 0.25) is 5.02 Å². The fraction of sp³-hybridized carbons (Fsp3) is 0.500. The molecule has 2 unspecified atom stereocenters. The van der Waals surface area contributed by atoms with E-state index in [9.17, 15) is 27.6 Å². The van der Waals surface area contributed by atoms with Gasteiger partial charge in [-0.1, -0.05) is 11.6 Å². The van der Waals surface area contributed by atoms with Crippen molar-refractivity contribution in [2.24, 2.45) is 24.6 Å². The summed E-state index contributed by atoms with van der Waals surface area (Å²) in [6.07, 6.45) is 2.21. The summed E-state index contributed by atoms with van der Waals surface area (Å²) in [7, 11) is 1.45. The number of nitrogens with two attached hydrogens (primary N) is 1. The molecule has 4 aliphatic rings. The molecule has 0 radical (unpaired) electrons. The van der Waals surface area contributed by atoms with Crippen molar-refractivity contribution < 1.29 is 27.6 Å². The largest absolute Gasteiger partial charge is 0.435 e.